The number of aliphatic hydroxyl groups excluding tert-OH is 1. The zero-order valence-corrected chi connectivity index (χ0v) is 12.7. The number of carbonyl (C=O) groups excluding carboxylic acids is 1. The number of hydrogen-bond donors (Lipinski definition) is 3. The number of carbonyl (C=O) groups is 1. The second kappa shape index (κ2) is 6.88. The van der Waals surface area contributed by atoms with Gasteiger partial charge in [-0.05, 0) is 5.56 Å². The minimum absolute atomic E-state index is 0.0482. The van der Waals surface area contributed by atoms with Crippen molar-refractivity contribution in [3.8, 4) is 0 Å². The highest BCUT2D eigenvalue weighted by atomic mass is 16.3. The van der Waals surface area contributed by atoms with Gasteiger partial charge in [0.1, 0.15) is 0 Å². The highest BCUT2D eigenvalue weighted by molar-refractivity contribution is 6.05. The summed E-state index contributed by atoms with van der Waals surface area (Å²) in [7, 11) is 0. The van der Waals surface area contributed by atoms with Crippen LogP contribution in [-0.2, 0) is 0 Å². The van der Waals surface area contributed by atoms with Gasteiger partial charge in [-0.3, -0.25) is 9.48 Å². The minimum Gasteiger partial charge on any atom is -0.394 e. The molecule has 8 heteroatoms. The molecule has 8 nitrogen and oxygen atoms in total. The Balaban J connectivity index is 1.78. The molecule has 0 aliphatic heterocycles. The number of aromatic nitrogens is 4. The highest BCUT2D eigenvalue weighted by Crippen LogP contribution is 2.19. The molecule has 1 unspecified atom stereocenters. The molecule has 0 aliphatic rings. The van der Waals surface area contributed by atoms with Gasteiger partial charge in [0, 0.05) is 18.6 Å². The summed E-state index contributed by atoms with van der Waals surface area (Å²) in [6, 6.07) is 9.15. The van der Waals surface area contributed by atoms with Gasteiger partial charge in [-0.15, -0.1) is 0 Å². The van der Waals surface area contributed by atoms with E-state index in [1.54, 1.807) is 10.9 Å². The van der Waals surface area contributed by atoms with Gasteiger partial charge in [0.15, 0.2) is 11.5 Å². The van der Waals surface area contributed by atoms with Crippen LogP contribution in [0.5, 0.6) is 0 Å². The van der Waals surface area contributed by atoms with Gasteiger partial charge in [0.05, 0.1) is 24.5 Å². The lowest BCUT2D eigenvalue weighted by molar-refractivity contribution is 0.102. The van der Waals surface area contributed by atoms with Crippen LogP contribution in [0, 0.1) is 0 Å². The van der Waals surface area contributed by atoms with Gasteiger partial charge in [-0.1, -0.05) is 30.3 Å². The van der Waals surface area contributed by atoms with E-state index in [1.165, 1.54) is 18.6 Å². The summed E-state index contributed by atoms with van der Waals surface area (Å²) in [5.74, 6) is -0.416. The van der Waals surface area contributed by atoms with Crippen LogP contribution < -0.4 is 11.1 Å². The predicted molar refractivity (Wildman–Crippen MR) is 88.3 cm³/mol. The third kappa shape index (κ3) is 3.23. The molecule has 2 heterocycles. The Hall–Kier alpha value is -3.26. The molecule has 0 aliphatic carbocycles. The van der Waals surface area contributed by atoms with E-state index in [0.717, 1.165) is 5.56 Å². The van der Waals surface area contributed by atoms with E-state index in [0.29, 0.717) is 5.69 Å². The number of nitrogens with zero attached hydrogens (tertiary/aromatic N) is 4. The summed E-state index contributed by atoms with van der Waals surface area (Å²) in [5.41, 5.74) is 7.07. The number of aliphatic hydroxyl groups is 1. The fourth-order valence-electron chi connectivity index (χ4n) is 2.30. The molecule has 4 N–H and O–H groups in total. The van der Waals surface area contributed by atoms with Crippen molar-refractivity contribution in [2.75, 3.05) is 17.7 Å². The molecule has 3 rings (SSSR count). The van der Waals surface area contributed by atoms with E-state index in [1.807, 2.05) is 30.3 Å². The third-order valence-electron chi connectivity index (χ3n) is 3.48. The van der Waals surface area contributed by atoms with Gasteiger partial charge in [-0.25, -0.2) is 9.97 Å². The highest BCUT2D eigenvalue weighted by Gasteiger charge is 2.16. The van der Waals surface area contributed by atoms with Crippen molar-refractivity contribution in [2.24, 2.45) is 0 Å². The Morgan fingerprint density at radius 1 is 1.25 bits per heavy atom. The van der Waals surface area contributed by atoms with Crippen molar-refractivity contribution in [3.63, 3.8) is 0 Å². The van der Waals surface area contributed by atoms with Crippen LogP contribution in [0.2, 0.25) is 0 Å². The van der Waals surface area contributed by atoms with Crippen LogP contribution in [0.3, 0.4) is 0 Å². The van der Waals surface area contributed by atoms with Crippen LogP contribution in [-0.4, -0.2) is 37.4 Å². The predicted octanol–water partition coefficient (Wildman–Crippen LogP) is 1.09. The first-order chi connectivity index (χ1) is 11.7. The Bertz CT molecular complexity index is 833. The number of anilines is 2. The summed E-state index contributed by atoms with van der Waals surface area (Å²) in [6.07, 6.45) is 5.94. The summed E-state index contributed by atoms with van der Waals surface area (Å²) in [5, 5.41) is 16.5. The van der Waals surface area contributed by atoms with Crippen molar-refractivity contribution in [3.05, 3.63) is 66.4 Å². The van der Waals surface area contributed by atoms with E-state index in [2.05, 4.69) is 20.4 Å². The SMILES string of the molecule is Nc1nccnc1C(=O)Nc1cnn(C(CO)c2ccccc2)c1. The second-order valence-electron chi connectivity index (χ2n) is 5.06. The van der Waals surface area contributed by atoms with Gasteiger partial charge >= 0.3 is 0 Å². The maximum Gasteiger partial charge on any atom is 0.278 e. The van der Waals surface area contributed by atoms with Gasteiger partial charge in [-0.2, -0.15) is 5.10 Å². The Morgan fingerprint density at radius 3 is 2.71 bits per heavy atom. The van der Waals surface area contributed by atoms with Crippen LogP contribution in [0.1, 0.15) is 22.1 Å². The molecule has 0 bridgehead atoms. The number of nitrogens with one attached hydrogen (secondary N) is 1. The first-order valence-corrected chi connectivity index (χ1v) is 7.27. The summed E-state index contributed by atoms with van der Waals surface area (Å²) < 4.78 is 1.59. The third-order valence-corrected chi connectivity index (χ3v) is 3.48. The van der Waals surface area contributed by atoms with E-state index in [4.69, 9.17) is 5.73 Å². The van der Waals surface area contributed by atoms with Crippen molar-refractivity contribution < 1.29 is 9.90 Å². The van der Waals surface area contributed by atoms with Gasteiger partial charge in [0.2, 0.25) is 0 Å². The lowest BCUT2D eigenvalue weighted by Gasteiger charge is -2.15. The van der Waals surface area contributed by atoms with Crippen molar-refractivity contribution in [2.45, 2.75) is 6.04 Å². The van der Waals surface area contributed by atoms with Gasteiger partial charge < -0.3 is 16.2 Å². The van der Waals surface area contributed by atoms with Crippen LogP contribution >= 0.6 is 0 Å². The van der Waals surface area contributed by atoms with E-state index in [-0.39, 0.29) is 24.2 Å². The Kier molecular flexibility index (Phi) is 4.48. The molecule has 0 radical (unpaired) electrons. The van der Waals surface area contributed by atoms with Crippen molar-refractivity contribution in [1.29, 1.82) is 0 Å². The summed E-state index contributed by atoms with van der Waals surface area (Å²) >= 11 is 0. The first-order valence-electron chi connectivity index (χ1n) is 7.27. The normalized spacial score (nSPS) is 11.9. The van der Waals surface area contributed by atoms with Crippen LogP contribution in [0.15, 0.2) is 55.1 Å². The summed E-state index contributed by atoms with van der Waals surface area (Å²) in [4.78, 5) is 19.9. The van der Waals surface area contributed by atoms with E-state index >= 15 is 0 Å². The molecule has 3 aromatic rings. The number of nitrogen functional groups attached to an aromatic ring is 1. The molecular weight excluding hydrogens is 308 g/mol. The second-order valence-corrected chi connectivity index (χ2v) is 5.06. The first kappa shape index (κ1) is 15.6. The molecule has 122 valence electrons. The minimum atomic E-state index is -0.472. The Labute approximate surface area is 138 Å². The molecule has 1 aromatic carbocycles. The number of benzene rings is 1. The zero-order valence-electron chi connectivity index (χ0n) is 12.7. The van der Waals surface area contributed by atoms with Crippen LogP contribution in [0.25, 0.3) is 0 Å². The largest absolute Gasteiger partial charge is 0.394 e. The standard InChI is InChI=1S/C16H16N6O2/c17-15-14(18-6-7-19-15)16(24)21-12-8-20-22(9-12)13(10-23)11-4-2-1-3-5-11/h1-9,13,23H,10H2,(H2,17,19)(H,21,24). The average molecular weight is 324 g/mol. The van der Waals surface area contributed by atoms with Crippen molar-refractivity contribution in [1.82, 2.24) is 19.7 Å². The fourth-order valence-corrected chi connectivity index (χ4v) is 2.30. The molecule has 0 saturated heterocycles. The topological polar surface area (TPSA) is 119 Å². The average Bonchev–Trinajstić information content (AvgIpc) is 3.05. The van der Waals surface area contributed by atoms with Crippen molar-refractivity contribution >= 4 is 17.4 Å². The smallest absolute Gasteiger partial charge is 0.278 e. The van der Waals surface area contributed by atoms with Crippen LogP contribution in [0.4, 0.5) is 11.5 Å². The zero-order chi connectivity index (χ0) is 16.9. The maximum absolute atomic E-state index is 12.2. The van der Waals surface area contributed by atoms with E-state index in [9.17, 15) is 9.90 Å². The number of hydrogen-bond acceptors (Lipinski definition) is 6. The number of rotatable bonds is 5. The molecule has 1 atom stereocenters. The molecule has 1 amide bonds. The molecular formula is C16H16N6O2. The lowest BCUT2D eigenvalue weighted by atomic mass is 10.1. The maximum atomic E-state index is 12.2. The lowest BCUT2D eigenvalue weighted by Crippen LogP contribution is -2.17. The number of nitrogens with two attached hydrogens (primary N) is 1. The van der Waals surface area contributed by atoms with E-state index < -0.39 is 5.91 Å². The molecule has 2 aromatic heterocycles. The van der Waals surface area contributed by atoms with Gasteiger partial charge in [0.25, 0.3) is 5.91 Å². The molecule has 0 fully saturated rings. The monoisotopic (exact) mass is 324 g/mol. The summed E-state index contributed by atoms with van der Waals surface area (Å²) in [6.45, 7) is -0.115. The quantitative estimate of drug-likeness (QED) is 0.646. The molecule has 0 saturated carbocycles. The fraction of sp³-hybridized carbons (Fsp3) is 0.125. The molecule has 0 spiro atoms. The number of amides is 1. The Morgan fingerprint density at radius 2 is 2.00 bits per heavy atom. The molecule has 24 heavy (non-hydrogen) atoms.